The zero-order valence-corrected chi connectivity index (χ0v) is 17.9. The molecule has 8 heteroatoms. The van der Waals surface area contributed by atoms with Crippen LogP contribution >= 0.6 is 23.1 Å². The molecule has 6 nitrogen and oxygen atoms in total. The molecular weight excluding hydrogens is 382 g/mol. The number of nitrogens with zero attached hydrogens (tertiary/aromatic N) is 2. The van der Waals surface area contributed by atoms with Gasteiger partial charge in [0.1, 0.15) is 0 Å². The Kier molecular flexibility index (Phi) is 8.63. The van der Waals surface area contributed by atoms with Crippen molar-refractivity contribution in [2.24, 2.45) is 5.92 Å². The van der Waals surface area contributed by atoms with Gasteiger partial charge in [-0.05, 0) is 45.4 Å². The van der Waals surface area contributed by atoms with E-state index in [1.165, 1.54) is 28.7 Å². The summed E-state index contributed by atoms with van der Waals surface area (Å²) in [5.74, 6) is 0.425. The van der Waals surface area contributed by atoms with Gasteiger partial charge in [-0.3, -0.25) is 10.1 Å². The summed E-state index contributed by atoms with van der Waals surface area (Å²) in [5, 5.41) is 12.2. The van der Waals surface area contributed by atoms with Crippen molar-refractivity contribution in [1.29, 1.82) is 0 Å². The number of allylic oxidation sites excluding steroid dienone is 1. The van der Waals surface area contributed by atoms with Crippen LogP contribution in [0.15, 0.2) is 22.1 Å². The van der Waals surface area contributed by atoms with E-state index >= 15 is 0 Å². The van der Waals surface area contributed by atoms with Crippen LogP contribution in [0.3, 0.4) is 0 Å². The summed E-state index contributed by atoms with van der Waals surface area (Å²) in [7, 11) is 0. The van der Waals surface area contributed by atoms with E-state index in [-0.39, 0.29) is 18.5 Å². The Morgan fingerprint density at radius 2 is 2.07 bits per heavy atom. The number of carbonyl (C=O) groups is 2. The van der Waals surface area contributed by atoms with Gasteiger partial charge in [0.2, 0.25) is 0 Å². The Morgan fingerprint density at radius 1 is 1.37 bits per heavy atom. The molecule has 0 unspecified atom stereocenters. The molecule has 0 bridgehead atoms. The Balaban J connectivity index is 1.97. The molecule has 1 fully saturated rings. The molecule has 2 rings (SSSR count). The van der Waals surface area contributed by atoms with Crippen molar-refractivity contribution >= 4 is 40.2 Å². The van der Waals surface area contributed by atoms with Gasteiger partial charge in [-0.1, -0.05) is 29.9 Å². The van der Waals surface area contributed by atoms with E-state index in [0.717, 1.165) is 35.8 Å². The van der Waals surface area contributed by atoms with Crippen LogP contribution in [-0.4, -0.2) is 45.3 Å². The number of carboxylic acid groups (broad SMARTS) is 1. The van der Waals surface area contributed by atoms with Crippen LogP contribution in [0.4, 0.5) is 9.93 Å². The first-order chi connectivity index (χ1) is 12.8. The molecule has 1 aromatic heterocycles. The number of anilines is 1. The first-order valence-electron chi connectivity index (χ1n) is 9.36. The van der Waals surface area contributed by atoms with Crippen molar-refractivity contribution in [2.75, 3.05) is 17.6 Å². The Hall–Kier alpha value is -1.54. The minimum atomic E-state index is -0.808. The van der Waals surface area contributed by atoms with E-state index in [4.69, 9.17) is 5.11 Å². The topological polar surface area (TPSA) is 82.5 Å². The molecule has 1 aromatic rings. The van der Waals surface area contributed by atoms with E-state index in [0.29, 0.717) is 17.4 Å². The Labute approximate surface area is 169 Å². The van der Waals surface area contributed by atoms with Gasteiger partial charge in [-0.2, -0.15) is 0 Å². The average molecular weight is 412 g/mol. The molecule has 1 heterocycles. The number of aromatic nitrogens is 1. The summed E-state index contributed by atoms with van der Waals surface area (Å²) in [6.45, 7) is 6.97. The van der Waals surface area contributed by atoms with Crippen molar-refractivity contribution in [3.63, 3.8) is 0 Å². The Morgan fingerprint density at radius 3 is 2.70 bits per heavy atom. The van der Waals surface area contributed by atoms with Crippen molar-refractivity contribution < 1.29 is 14.7 Å². The lowest BCUT2D eigenvalue weighted by atomic mass is 9.86. The monoisotopic (exact) mass is 411 g/mol. The standard InChI is InChI=1S/C19H29N3O3S2/c1-13(2)8-10-22(15-6-4-14(3)5-7-15)19(25)21-18-20-12-17(27-18)26-11-9-16(23)24/h8,12,14-15H,4-7,9-11H2,1-3H3,(H,23,24)(H,20,21,25). The summed E-state index contributed by atoms with van der Waals surface area (Å²) in [5.41, 5.74) is 1.20. The number of thioether (sulfide) groups is 1. The smallest absolute Gasteiger partial charge is 0.324 e. The van der Waals surface area contributed by atoms with E-state index in [1.54, 1.807) is 6.20 Å². The lowest BCUT2D eigenvalue weighted by Crippen LogP contribution is -2.44. The minimum absolute atomic E-state index is 0.108. The quantitative estimate of drug-likeness (QED) is 0.460. The Bertz CT molecular complexity index is 663. The zero-order valence-electron chi connectivity index (χ0n) is 16.2. The second-order valence-corrected chi connectivity index (χ2v) is 9.68. The van der Waals surface area contributed by atoms with Crippen LogP contribution in [0, 0.1) is 5.92 Å². The summed E-state index contributed by atoms with van der Waals surface area (Å²) in [6.07, 6.45) is 8.29. The second kappa shape index (κ2) is 10.7. The van der Waals surface area contributed by atoms with Gasteiger partial charge in [0.25, 0.3) is 0 Å². The number of aliphatic carboxylic acids is 1. The van der Waals surface area contributed by atoms with E-state index in [2.05, 4.69) is 23.3 Å². The van der Waals surface area contributed by atoms with Gasteiger partial charge >= 0.3 is 12.0 Å². The molecule has 0 radical (unpaired) electrons. The molecule has 0 spiro atoms. The van der Waals surface area contributed by atoms with Crippen LogP contribution in [-0.2, 0) is 4.79 Å². The number of rotatable bonds is 8. The second-order valence-electron chi connectivity index (χ2n) is 7.25. The maximum atomic E-state index is 12.9. The third-order valence-corrected chi connectivity index (χ3v) is 6.75. The highest BCUT2D eigenvalue weighted by Gasteiger charge is 2.27. The molecule has 1 saturated carbocycles. The number of hydrogen-bond acceptors (Lipinski definition) is 5. The summed E-state index contributed by atoms with van der Waals surface area (Å²) >= 11 is 2.83. The number of carboxylic acids is 1. The lowest BCUT2D eigenvalue weighted by molar-refractivity contribution is -0.136. The SMILES string of the molecule is CC(C)=CCN(C(=O)Nc1ncc(SCCC(=O)O)s1)C1CCC(C)CC1. The molecule has 27 heavy (non-hydrogen) atoms. The molecule has 2 amide bonds. The maximum Gasteiger partial charge on any atom is 0.324 e. The first kappa shape index (κ1) is 21.8. The molecule has 0 saturated heterocycles. The van der Waals surface area contributed by atoms with Crippen LogP contribution in [0.25, 0.3) is 0 Å². The summed E-state index contributed by atoms with van der Waals surface area (Å²) in [4.78, 5) is 29.7. The fourth-order valence-corrected chi connectivity index (χ4v) is 4.89. The van der Waals surface area contributed by atoms with Gasteiger partial charge in [0, 0.05) is 18.3 Å². The van der Waals surface area contributed by atoms with Crippen LogP contribution in [0.1, 0.15) is 52.9 Å². The summed E-state index contributed by atoms with van der Waals surface area (Å²) < 4.78 is 0.911. The van der Waals surface area contributed by atoms with E-state index in [1.807, 2.05) is 18.7 Å². The largest absolute Gasteiger partial charge is 0.481 e. The number of nitrogens with one attached hydrogen (secondary N) is 1. The van der Waals surface area contributed by atoms with Crippen molar-refractivity contribution in [3.05, 3.63) is 17.8 Å². The van der Waals surface area contributed by atoms with Crippen molar-refractivity contribution in [3.8, 4) is 0 Å². The highest BCUT2D eigenvalue weighted by Crippen LogP contribution is 2.30. The molecule has 1 aliphatic rings. The van der Waals surface area contributed by atoms with E-state index in [9.17, 15) is 9.59 Å². The summed E-state index contributed by atoms with van der Waals surface area (Å²) in [6, 6.07) is 0.157. The fraction of sp³-hybridized carbons (Fsp3) is 0.632. The van der Waals surface area contributed by atoms with Crippen molar-refractivity contribution in [2.45, 2.75) is 63.1 Å². The predicted molar refractivity (Wildman–Crippen MR) is 112 cm³/mol. The highest BCUT2D eigenvalue weighted by molar-refractivity contribution is 8.01. The third-order valence-electron chi connectivity index (χ3n) is 4.64. The minimum Gasteiger partial charge on any atom is -0.481 e. The first-order valence-corrected chi connectivity index (χ1v) is 11.2. The molecule has 2 N–H and O–H groups in total. The van der Waals surface area contributed by atoms with Gasteiger partial charge in [0.15, 0.2) is 5.13 Å². The fourth-order valence-electron chi connectivity index (χ4n) is 3.02. The zero-order chi connectivity index (χ0) is 19.8. The number of hydrogen-bond donors (Lipinski definition) is 2. The van der Waals surface area contributed by atoms with Crippen LogP contribution < -0.4 is 5.32 Å². The van der Waals surface area contributed by atoms with Crippen LogP contribution in [0.2, 0.25) is 0 Å². The number of thiazole rings is 1. The highest BCUT2D eigenvalue weighted by atomic mass is 32.2. The van der Waals surface area contributed by atoms with Gasteiger partial charge in [0.05, 0.1) is 16.8 Å². The number of carbonyl (C=O) groups excluding carboxylic acids is 1. The average Bonchev–Trinajstić information content (AvgIpc) is 3.03. The molecule has 1 aliphatic carbocycles. The normalized spacial score (nSPS) is 19.4. The molecular formula is C19H29N3O3S2. The van der Waals surface area contributed by atoms with Gasteiger partial charge in [-0.15, -0.1) is 11.8 Å². The third kappa shape index (κ3) is 7.54. The van der Waals surface area contributed by atoms with Gasteiger partial charge < -0.3 is 10.0 Å². The lowest BCUT2D eigenvalue weighted by Gasteiger charge is -2.35. The molecule has 150 valence electrons. The molecule has 0 aromatic carbocycles. The van der Waals surface area contributed by atoms with E-state index < -0.39 is 5.97 Å². The van der Waals surface area contributed by atoms with Gasteiger partial charge in [-0.25, -0.2) is 9.78 Å². The van der Waals surface area contributed by atoms with Crippen molar-refractivity contribution in [1.82, 2.24) is 9.88 Å². The van der Waals surface area contributed by atoms with Crippen LogP contribution in [0.5, 0.6) is 0 Å². The number of amides is 2. The predicted octanol–water partition coefficient (Wildman–Crippen LogP) is 5.09. The number of urea groups is 1. The maximum absolute atomic E-state index is 12.9. The molecule has 0 atom stereocenters. The molecule has 0 aliphatic heterocycles.